The van der Waals surface area contributed by atoms with Crippen molar-refractivity contribution in [2.45, 2.75) is 25.7 Å². The summed E-state index contributed by atoms with van der Waals surface area (Å²) in [5.41, 5.74) is 2.50. The number of amides is 1. The summed E-state index contributed by atoms with van der Waals surface area (Å²) in [5.74, 6) is -0.798. The Hall–Kier alpha value is -3.85. The Kier molecular flexibility index (Phi) is 8.14. The second-order valence-corrected chi connectivity index (χ2v) is 9.66. The van der Waals surface area contributed by atoms with E-state index in [1.54, 1.807) is 62.4 Å². The molecule has 1 N–H and O–H groups in total. The fourth-order valence-electron chi connectivity index (χ4n) is 3.39. The molecule has 0 unspecified atom stereocenters. The second-order valence-electron chi connectivity index (χ2n) is 7.79. The Morgan fingerprint density at radius 1 is 0.971 bits per heavy atom. The number of nitrogens with zero attached hydrogens (tertiary/aromatic N) is 1. The third-order valence-electron chi connectivity index (χ3n) is 5.27. The number of benzene rings is 3. The number of aryl methyl sites for hydroxylation is 2. The van der Waals surface area contributed by atoms with Gasteiger partial charge in [0.25, 0.3) is 10.0 Å². The summed E-state index contributed by atoms with van der Waals surface area (Å²) in [6, 6.07) is 17.7. The van der Waals surface area contributed by atoms with E-state index in [4.69, 9.17) is 9.47 Å². The number of carbonyl (C=O) groups is 2. The largest absolute Gasteiger partial charge is 0.495 e. The Morgan fingerprint density at radius 2 is 1.66 bits per heavy atom. The summed E-state index contributed by atoms with van der Waals surface area (Å²) < 4.78 is 38.6. The molecule has 1 amide bonds. The van der Waals surface area contributed by atoms with Crippen LogP contribution < -0.4 is 14.4 Å². The van der Waals surface area contributed by atoms with Gasteiger partial charge in [-0.25, -0.2) is 13.2 Å². The molecule has 0 fully saturated rings. The number of sulfonamides is 1. The van der Waals surface area contributed by atoms with Gasteiger partial charge in [-0.15, -0.1) is 0 Å². The first-order valence-electron chi connectivity index (χ1n) is 11.0. The Bertz CT molecular complexity index is 1320. The van der Waals surface area contributed by atoms with Crippen LogP contribution in [0.1, 0.15) is 28.4 Å². The average Bonchev–Trinajstić information content (AvgIpc) is 2.84. The first kappa shape index (κ1) is 25.8. The van der Waals surface area contributed by atoms with Crippen molar-refractivity contribution in [2.75, 3.05) is 29.9 Å². The van der Waals surface area contributed by atoms with Crippen molar-refractivity contribution in [1.82, 2.24) is 0 Å². The normalized spacial score (nSPS) is 11.0. The molecule has 0 aliphatic carbocycles. The van der Waals surface area contributed by atoms with Crippen LogP contribution in [0.3, 0.4) is 0 Å². The number of para-hydroxylation sites is 2. The van der Waals surface area contributed by atoms with E-state index in [0.29, 0.717) is 17.0 Å². The molecule has 0 aromatic heterocycles. The number of hydrogen-bond donors (Lipinski definition) is 1. The predicted octanol–water partition coefficient (Wildman–Crippen LogP) is 4.32. The molecule has 0 atom stereocenters. The van der Waals surface area contributed by atoms with E-state index in [-0.39, 0.29) is 22.8 Å². The number of ether oxygens (including phenoxy) is 2. The molecule has 3 rings (SSSR count). The number of esters is 1. The smallest absolute Gasteiger partial charge is 0.338 e. The number of rotatable bonds is 9. The molecule has 0 saturated heterocycles. The third kappa shape index (κ3) is 5.99. The van der Waals surface area contributed by atoms with E-state index in [1.807, 2.05) is 6.92 Å². The third-order valence-corrected chi connectivity index (χ3v) is 7.05. The van der Waals surface area contributed by atoms with Crippen LogP contribution in [-0.4, -0.2) is 40.6 Å². The summed E-state index contributed by atoms with van der Waals surface area (Å²) in [5, 5.41) is 2.72. The molecular formula is C26H28N2O6S. The first-order valence-corrected chi connectivity index (χ1v) is 12.4. The number of nitrogens with one attached hydrogen (secondary N) is 1. The Morgan fingerprint density at radius 3 is 2.31 bits per heavy atom. The zero-order valence-corrected chi connectivity index (χ0v) is 20.9. The molecule has 0 spiro atoms. The van der Waals surface area contributed by atoms with Crippen molar-refractivity contribution in [3.8, 4) is 5.75 Å². The van der Waals surface area contributed by atoms with Gasteiger partial charge in [-0.2, -0.15) is 0 Å². The van der Waals surface area contributed by atoms with Gasteiger partial charge in [-0.3, -0.25) is 9.10 Å². The van der Waals surface area contributed by atoms with Crippen molar-refractivity contribution in [3.05, 3.63) is 83.4 Å². The van der Waals surface area contributed by atoms with E-state index in [2.05, 4.69) is 5.32 Å². The Labute approximate surface area is 205 Å². The van der Waals surface area contributed by atoms with Gasteiger partial charge < -0.3 is 14.8 Å². The molecule has 35 heavy (non-hydrogen) atoms. The highest BCUT2D eigenvalue weighted by Gasteiger charge is 2.29. The highest BCUT2D eigenvalue weighted by molar-refractivity contribution is 7.92. The standard InChI is InChI=1S/C26H28N2O6S/c1-5-34-26(30)20-13-12-19(3)22(16-20)27-25(29)17-28(23-8-6-7-9-24(23)33-4)35(31,32)21-14-10-18(2)11-15-21/h6-16H,5,17H2,1-4H3,(H,27,29). The summed E-state index contributed by atoms with van der Waals surface area (Å²) >= 11 is 0. The van der Waals surface area contributed by atoms with Crippen LogP contribution in [0.2, 0.25) is 0 Å². The van der Waals surface area contributed by atoms with E-state index >= 15 is 0 Å². The van der Waals surface area contributed by atoms with Crippen LogP contribution in [0.25, 0.3) is 0 Å². The van der Waals surface area contributed by atoms with Crippen LogP contribution in [-0.2, 0) is 19.6 Å². The molecule has 0 radical (unpaired) electrons. The fraction of sp³-hybridized carbons (Fsp3) is 0.231. The van der Waals surface area contributed by atoms with Crippen LogP contribution in [0, 0.1) is 13.8 Å². The van der Waals surface area contributed by atoms with Gasteiger partial charge in [-0.05, 0) is 62.7 Å². The summed E-state index contributed by atoms with van der Waals surface area (Å²) in [6.07, 6.45) is 0. The molecule has 8 nitrogen and oxygen atoms in total. The van der Waals surface area contributed by atoms with E-state index < -0.39 is 28.4 Å². The number of anilines is 2. The maximum absolute atomic E-state index is 13.6. The SMILES string of the molecule is CCOC(=O)c1ccc(C)c(NC(=O)CN(c2ccccc2OC)S(=O)(=O)c2ccc(C)cc2)c1. The molecule has 0 aliphatic rings. The maximum atomic E-state index is 13.6. The van der Waals surface area contributed by atoms with Crippen molar-refractivity contribution < 1.29 is 27.5 Å². The maximum Gasteiger partial charge on any atom is 0.338 e. The average molecular weight is 497 g/mol. The molecule has 3 aromatic carbocycles. The van der Waals surface area contributed by atoms with Gasteiger partial charge in [0.05, 0.1) is 29.9 Å². The van der Waals surface area contributed by atoms with E-state index in [0.717, 1.165) is 9.87 Å². The van der Waals surface area contributed by atoms with Gasteiger partial charge in [0, 0.05) is 5.69 Å². The summed E-state index contributed by atoms with van der Waals surface area (Å²) in [6.45, 7) is 5.04. The lowest BCUT2D eigenvalue weighted by Crippen LogP contribution is -2.38. The van der Waals surface area contributed by atoms with Gasteiger partial charge in [-0.1, -0.05) is 35.9 Å². The van der Waals surface area contributed by atoms with E-state index in [9.17, 15) is 18.0 Å². The molecule has 9 heteroatoms. The number of methoxy groups -OCH3 is 1. The number of hydrogen-bond acceptors (Lipinski definition) is 6. The molecule has 0 saturated carbocycles. The van der Waals surface area contributed by atoms with Crippen LogP contribution in [0.15, 0.2) is 71.6 Å². The topological polar surface area (TPSA) is 102 Å². The lowest BCUT2D eigenvalue weighted by atomic mass is 10.1. The number of carbonyl (C=O) groups excluding carboxylic acids is 2. The van der Waals surface area contributed by atoms with Gasteiger partial charge in [0.1, 0.15) is 12.3 Å². The predicted molar refractivity (Wildman–Crippen MR) is 134 cm³/mol. The van der Waals surface area contributed by atoms with Crippen molar-refractivity contribution in [2.24, 2.45) is 0 Å². The lowest BCUT2D eigenvalue weighted by Gasteiger charge is -2.26. The van der Waals surface area contributed by atoms with Crippen molar-refractivity contribution in [1.29, 1.82) is 0 Å². The summed E-state index contributed by atoms with van der Waals surface area (Å²) in [7, 11) is -2.68. The molecular weight excluding hydrogens is 468 g/mol. The summed E-state index contributed by atoms with van der Waals surface area (Å²) in [4.78, 5) is 25.3. The highest BCUT2D eigenvalue weighted by atomic mass is 32.2. The minimum atomic E-state index is -4.11. The molecule has 3 aromatic rings. The van der Waals surface area contributed by atoms with Crippen LogP contribution in [0.5, 0.6) is 5.75 Å². The molecule has 184 valence electrons. The molecule has 0 aliphatic heterocycles. The fourth-order valence-corrected chi connectivity index (χ4v) is 4.82. The lowest BCUT2D eigenvalue weighted by molar-refractivity contribution is -0.114. The second kappa shape index (κ2) is 11.1. The van der Waals surface area contributed by atoms with Crippen LogP contribution >= 0.6 is 0 Å². The van der Waals surface area contributed by atoms with Crippen molar-refractivity contribution in [3.63, 3.8) is 0 Å². The zero-order chi connectivity index (χ0) is 25.6. The van der Waals surface area contributed by atoms with Crippen LogP contribution in [0.4, 0.5) is 11.4 Å². The zero-order valence-electron chi connectivity index (χ0n) is 20.1. The molecule has 0 bridgehead atoms. The van der Waals surface area contributed by atoms with E-state index in [1.165, 1.54) is 25.3 Å². The monoisotopic (exact) mass is 496 g/mol. The highest BCUT2D eigenvalue weighted by Crippen LogP contribution is 2.32. The van der Waals surface area contributed by atoms with Gasteiger partial charge in [0.2, 0.25) is 5.91 Å². The van der Waals surface area contributed by atoms with Gasteiger partial charge in [0.15, 0.2) is 0 Å². The Balaban J connectivity index is 1.97. The molecule has 0 heterocycles. The first-order chi connectivity index (χ1) is 16.7. The minimum absolute atomic E-state index is 0.0438. The quantitative estimate of drug-likeness (QED) is 0.443. The van der Waals surface area contributed by atoms with Crippen molar-refractivity contribution >= 4 is 33.3 Å². The minimum Gasteiger partial charge on any atom is -0.495 e. The van der Waals surface area contributed by atoms with Gasteiger partial charge >= 0.3 is 5.97 Å².